The zero-order chi connectivity index (χ0) is 15.5. The minimum atomic E-state index is 0.217. The summed E-state index contributed by atoms with van der Waals surface area (Å²) in [5, 5.41) is 10.1. The summed E-state index contributed by atoms with van der Waals surface area (Å²) in [4.78, 5) is 2.41. The third-order valence-corrected chi connectivity index (χ3v) is 4.33. The van der Waals surface area contributed by atoms with Crippen LogP contribution in [0.3, 0.4) is 0 Å². The maximum Gasteiger partial charge on any atom is 0.161 e. The molecule has 1 heterocycles. The van der Waals surface area contributed by atoms with Crippen molar-refractivity contribution in [1.82, 2.24) is 4.90 Å². The molecule has 1 fully saturated rings. The summed E-state index contributed by atoms with van der Waals surface area (Å²) in [5.41, 5.74) is 8.11. The lowest BCUT2D eigenvalue weighted by Gasteiger charge is -2.23. The van der Waals surface area contributed by atoms with Crippen molar-refractivity contribution in [1.29, 1.82) is 0 Å². The number of likely N-dealkylation sites (tertiary alicyclic amines) is 1. The molecule has 21 heavy (non-hydrogen) atoms. The van der Waals surface area contributed by atoms with Gasteiger partial charge in [0.25, 0.3) is 0 Å². The van der Waals surface area contributed by atoms with Gasteiger partial charge in [0, 0.05) is 18.7 Å². The number of rotatable bonds is 6. The minimum absolute atomic E-state index is 0.217. The lowest BCUT2D eigenvalue weighted by molar-refractivity contribution is 0.274. The van der Waals surface area contributed by atoms with Crippen LogP contribution in [0.15, 0.2) is 24.8 Å². The molecule has 0 bridgehead atoms. The number of aromatic hydroxyl groups is 1. The van der Waals surface area contributed by atoms with Gasteiger partial charge >= 0.3 is 0 Å². The van der Waals surface area contributed by atoms with E-state index < -0.39 is 0 Å². The second-order valence-electron chi connectivity index (χ2n) is 6.27. The molecule has 0 aliphatic carbocycles. The molecule has 1 saturated heterocycles. The maximum atomic E-state index is 10.1. The van der Waals surface area contributed by atoms with E-state index >= 15 is 0 Å². The lowest BCUT2D eigenvalue weighted by Crippen LogP contribution is -2.31. The molecule has 3 N–H and O–H groups in total. The topological polar surface area (TPSA) is 58.7 Å². The number of phenolic OH excluding ortho intramolecular Hbond substituents is 1. The molecule has 1 atom stereocenters. The second-order valence-corrected chi connectivity index (χ2v) is 6.27. The fourth-order valence-corrected chi connectivity index (χ4v) is 2.97. The molecule has 2 rings (SSSR count). The normalized spacial score (nSPS) is 22.4. The van der Waals surface area contributed by atoms with Crippen LogP contribution in [0.2, 0.25) is 0 Å². The van der Waals surface area contributed by atoms with Gasteiger partial charge in [-0.05, 0) is 43.0 Å². The van der Waals surface area contributed by atoms with E-state index in [1.54, 1.807) is 13.2 Å². The molecule has 0 radical (unpaired) electrons. The van der Waals surface area contributed by atoms with E-state index in [9.17, 15) is 5.11 Å². The zero-order valence-corrected chi connectivity index (χ0v) is 13.1. The molecular weight excluding hydrogens is 264 g/mol. The SMILES string of the molecule is C=CCc1cc(CN2CCC(C)(CN)C2)cc(OC)c1O. The number of ether oxygens (including phenoxy) is 1. The molecule has 1 aliphatic heterocycles. The standard InChI is InChI=1S/C17H26N2O2/c1-4-5-14-8-13(9-15(21-3)16(14)20)10-19-7-6-17(2,11-18)12-19/h4,8-9,20H,1,5-7,10-12,18H2,2-3H3. The van der Waals surface area contributed by atoms with Crippen LogP contribution < -0.4 is 10.5 Å². The van der Waals surface area contributed by atoms with Crippen LogP contribution in [-0.2, 0) is 13.0 Å². The Labute approximate surface area is 127 Å². The quantitative estimate of drug-likeness (QED) is 0.789. The Bertz CT molecular complexity index is 516. The zero-order valence-electron chi connectivity index (χ0n) is 13.1. The fourth-order valence-electron chi connectivity index (χ4n) is 2.97. The number of benzene rings is 1. The van der Waals surface area contributed by atoms with E-state index in [0.717, 1.165) is 43.7 Å². The monoisotopic (exact) mass is 290 g/mol. The molecule has 0 spiro atoms. The van der Waals surface area contributed by atoms with Gasteiger partial charge in [-0.15, -0.1) is 6.58 Å². The number of hydrogen-bond donors (Lipinski definition) is 2. The highest BCUT2D eigenvalue weighted by Gasteiger charge is 2.32. The fraction of sp³-hybridized carbons (Fsp3) is 0.529. The highest BCUT2D eigenvalue weighted by molar-refractivity contribution is 5.49. The van der Waals surface area contributed by atoms with E-state index in [1.807, 2.05) is 12.1 Å². The number of phenols is 1. The van der Waals surface area contributed by atoms with Gasteiger partial charge in [-0.25, -0.2) is 0 Å². The molecule has 1 aliphatic rings. The molecule has 1 aromatic carbocycles. The van der Waals surface area contributed by atoms with E-state index in [4.69, 9.17) is 10.5 Å². The van der Waals surface area contributed by atoms with Gasteiger partial charge in [0.15, 0.2) is 11.5 Å². The number of hydrogen-bond acceptors (Lipinski definition) is 4. The molecule has 0 aromatic heterocycles. The van der Waals surface area contributed by atoms with Crippen LogP contribution in [0.5, 0.6) is 11.5 Å². The van der Waals surface area contributed by atoms with E-state index in [0.29, 0.717) is 12.2 Å². The number of nitrogens with two attached hydrogens (primary N) is 1. The summed E-state index contributed by atoms with van der Waals surface area (Å²) in [6.07, 6.45) is 3.56. The van der Waals surface area contributed by atoms with Gasteiger partial charge in [0.1, 0.15) is 0 Å². The summed E-state index contributed by atoms with van der Waals surface area (Å²) in [6, 6.07) is 3.96. The summed E-state index contributed by atoms with van der Waals surface area (Å²) in [6.45, 7) is 9.65. The van der Waals surface area contributed by atoms with E-state index in [-0.39, 0.29) is 11.2 Å². The first-order valence-corrected chi connectivity index (χ1v) is 7.43. The predicted molar refractivity (Wildman–Crippen MR) is 85.6 cm³/mol. The van der Waals surface area contributed by atoms with Gasteiger partial charge in [0.05, 0.1) is 7.11 Å². The Morgan fingerprint density at radius 1 is 1.52 bits per heavy atom. The Morgan fingerprint density at radius 3 is 2.86 bits per heavy atom. The first-order chi connectivity index (χ1) is 10.0. The van der Waals surface area contributed by atoms with Gasteiger partial charge in [-0.1, -0.05) is 19.1 Å². The van der Waals surface area contributed by atoms with Crippen molar-refractivity contribution in [2.24, 2.45) is 11.1 Å². The van der Waals surface area contributed by atoms with Crippen molar-refractivity contribution in [3.63, 3.8) is 0 Å². The van der Waals surface area contributed by atoms with E-state index in [1.165, 1.54) is 0 Å². The average molecular weight is 290 g/mol. The summed E-state index contributed by atoms with van der Waals surface area (Å²) >= 11 is 0. The minimum Gasteiger partial charge on any atom is -0.504 e. The van der Waals surface area contributed by atoms with Crippen LogP contribution in [-0.4, -0.2) is 36.8 Å². The molecule has 0 saturated carbocycles. The van der Waals surface area contributed by atoms with Gasteiger partial charge in [0.2, 0.25) is 0 Å². The van der Waals surface area contributed by atoms with Crippen molar-refractivity contribution in [2.75, 3.05) is 26.7 Å². The predicted octanol–water partition coefficient (Wildman–Crippen LogP) is 2.30. The average Bonchev–Trinajstić information content (AvgIpc) is 2.84. The first kappa shape index (κ1) is 15.9. The summed E-state index contributed by atoms with van der Waals surface area (Å²) < 4.78 is 5.28. The molecule has 1 aromatic rings. The smallest absolute Gasteiger partial charge is 0.161 e. The number of methoxy groups -OCH3 is 1. The Kier molecular flexibility index (Phi) is 4.91. The van der Waals surface area contributed by atoms with Crippen molar-refractivity contribution in [3.8, 4) is 11.5 Å². The van der Waals surface area contributed by atoms with Gasteiger partial charge < -0.3 is 15.6 Å². The molecule has 0 amide bonds. The number of nitrogens with zero attached hydrogens (tertiary/aromatic N) is 1. The van der Waals surface area contributed by atoms with Crippen LogP contribution >= 0.6 is 0 Å². The third-order valence-electron chi connectivity index (χ3n) is 4.33. The first-order valence-electron chi connectivity index (χ1n) is 7.43. The maximum absolute atomic E-state index is 10.1. The molecule has 1 unspecified atom stereocenters. The molecule has 4 nitrogen and oxygen atoms in total. The largest absolute Gasteiger partial charge is 0.504 e. The highest BCUT2D eigenvalue weighted by atomic mass is 16.5. The summed E-state index contributed by atoms with van der Waals surface area (Å²) in [5.74, 6) is 0.750. The van der Waals surface area contributed by atoms with Gasteiger partial charge in [-0.2, -0.15) is 0 Å². The van der Waals surface area contributed by atoms with Crippen LogP contribution in [0.1, 0.15) is 24.5 Å². The van der Waals surface area contributed by atoms with Crippen molar-refractivity contribution in [3.05, 3.63) is 35.9 Å². The lowest BCUT2D eigenvalue weighted by atomic mass is 9.90. The number of allylic oxidation sites excluding steroid dienone is 1. The van der Waals surface area contributed by atoms with Gasteiger partial charge in [-0.3, -0.25) is 4.90 Å². The van der Waals surface area contributed by atoms with Crippen molar-refractivity contribution < 1.29 is 9.84 Å². The molecule has 116 valence electrons. The summed E-state index contributed by atoms with van der Waals surface area (Å²) in [7, 11) is 1.58. The Hall–Kier alpha value is -1.52. The molecule has 4 heteroatoms. The van der Waals surface area contributed by atoms with Crippen LogP contribution in [0, 0.1) is 5.41 Å². The Morgan fingerprint density at radius 2 is 2.29 bits per heavy atom. The van der Waals surface area contributed by atoms with Crippen molar-refractivity contribution >= 4 is 0 Å². The Balaban J connectivity index is 2.17. The van der Waals surface area contributed by atoms with Crippen LogP contribution in [0.4, 0.5) is 0 Å². The van der Waals surface area contributed by atoms with E-state index in [2.05, 4.69) is 18.4 Å². The second kappa shape index (κ2) is 6.50. The van der Waals surface area contributed by atoms with Crippen molar-refractivity contribution in [2.45, 2.75) is 26.3 Å². The highest BCUT2D eigenvalue weighted by Crippen LogP contribution is 2.34. The molecular formula is C17H26N2O2. The third kappa shape index (κ3) is 3.57. The van der Waals surface area contributed by atoms with Crippen LogP contribution in [0.25, 0.3) is 0 Å².